The molecule has 3 unspecified atom stereocenters. The summed E-state index contributed by atoms with van der Waals surface area (Å²) in [5.74, 6) is -0.672. The van der Waals surface area contributed by atoms with Gasteiger partial charge >= 0.3 is 0 Å². The lowest BCUT2D eigenvalue weighted by atomic mass is 9.71. The molecule has 0 saturated carbocycles. The van der Waals surface area contributed by atoms with Crippen LogP contribution in [-0.2, 0) is 15.0 Å². The number of aromatic nitrogens is 2. The third kappa shape index (κ3) is 2.86. The van der Waals surface area contributed by atoms with Crippen LogP contribution in [0, 0.1) is 5.92 Å². The van der Waals surface area contributed by atoms with E-state index >= 15 is 0 Å². The summed E-state index contributed by atoms with van der Waals surface area (Å²) in [7, 11) is -2.53. The highest BCUT2D eigenvalue weighted by Gasteiger charge is 2.59. The Labute approximate surface area is 152 Å². The molecule has 2 N–H and O–H groups in total. The largest absolute Gasteiger partial charge is 0.492 e. The Hall–Kier alpha value is -2.39. The highest BCUT2D eigenvalue weighted by atomic mass is 32.2. The zero-order chi connectivity index (χ0) is 19.3. The molecule has 140 valence electrons. The van der Waals surface area contributed by atoms with Crippen molar-refractivity contribution in [3.8, 4) is 11.8 Å². The molecule has 1 aromatic rings. The van der Waals surface area contributed by atoms with Crippen LogP contribution in [0.2, 0.25) is 0 Å². The van der Waals surface area contributed by atoms with Gasteiger partial charge in [0.25, 0.3) is 0 Å². The molecule has 0 spiro atoms. The van der Waals surface area contributed by atoms with Gasteiger partial charge in [0.15, 0.2) is 0 Å². The van der Waals surface area contributed by atoms with Crippen molar-refractivity contribution in [2.24, 2.45) is 5.92 Å². The fourth-order valence-electron chi connectivity index (χ4n) is 3.14. The number of aromatic hydroxyl groups is 1. The summed E-state index contributed by atoms with van der Waals surface area (Å²) in [6, 6.07) is 2.68. The first-order chi connectivity index (χ1) is 12.0. The van der Waals surface area contributed by atoms with Crippen molar-refractivity contribution in [3.63, 3.8) is 0 Å². The molecule has 8 nitrogen and oxygen atoms in total. The maximum atomic E-state index is 11.9. The van der Waals surface area contributed by atoms with Crippen molar-refractivity contribution in [1.29, 1.82) is 0 Å². The fraction of sp³-hybridized carbons (Fsp3) is 0.471. The Balaban J connectivity index is 2.15. The van der Waals surface area contributed by atoms with E-state index in [1.807, 2.05) is 0 Å². The fourth-order valence-corrected chi connectivity index (χ4v) is 3.92. The third-order valence-electron chi connectivity index (χ3n) is 4.98. The molecule has 3 rings (SSSR count). The highest BCUT2D eigenvalue weighted by Crippen LogP contribution is 2.46. The van der Waals surface area contributed by atoms with E-state index in [0.29, 0.717) is 11.3 Å². The molecule has 1 saturated heterocycles. The molecule has 3 atom stereocenters. The highest BCUT2D eigenvalue weighted by molar-refractivity contribution is 7.73. The van der Waals surface area contributed by atoms with Gasteiger partial charge in [0.2, 0.25) is 22.1 Å². The number of rotatable bonds is 2. The topological polar surface area (TPSA) is 119 Å². The first-order valence-electron chi connectivity index (χ1n) is 8.00. The summed E-state index contributed by atoms with van der Waals surface area (Å²) in [5, 5.41) is 27.7. The SMILES string of the molecule is CC1=CC=C2OC(C)(C)C(C)(O)C(Oc3ccc(O)nn3)C2C1=S(=O)=O. The minimum atomic E-state index is -2.53. The van der Waals surface area contributed by atoms with E-state index in [2.05, 4.69) is 10.2 Å². The lowest BCUT2D eigenvalue weighted by molar-refractivity contribution is -0.216. The number of hydrogen-bond acceptors (Lipinski definition) is 8. The van der Waals surface area contributed by atoms with E-state index in [-0.39, 0.29) is 16.6 Å². The maximum absolute atomic E-state index is 11.9. The van der Waals surface area contributed by atoms with Gasteiger partial charge in [0, 0.05) is 12.1 Å². The van der Waals surface area contributed by atoms with Crippen LogP contribution in [0.3, 0.4) is 0 Å². The Morgan fingerprint density at radius 3 is 2.46 bits per heavy atom. The van der Waals surface area contributed by atoms with E-state index in [9.17, 15) is 18.6 Å². The summed E-state index contributed by atoms with van der Waals surface area (Å²) in [6.45, 7) is 6.59. The van der Waals surface area contributed by atoms with Gasteiger partial charge in [-0.05, 0) is 39.3 Å². The van der Waals surface area contributed by atoms with Crippen LogP contribution in [0.4, 0.5) is 0 Å². The van der Waals surface area contributed by atoms with Crippen LogP contribution in [0.1, 0.15) is 27.7 Å². The Bertz CT molecular complexity index is 921. The zero-order valence-electron chi connectivity index (χ0n) is 14.8. The Morgan fingerprint density at radius 2 is 1.88 bits per heavy atom. The summed E-state index contributed by atoms with van der Waals surface area (Å²) >= 11 is 0. The minimum Gasteiger partial charge on any atom is -0.492 e. The molecule has 1 aromatic heterocycles. The van der Waals surface area contributed by atoms with E-state index in [1.165, 1.54) is 19.1 Å². The van der Waals surface area contributed by atoms with Crippen molar-refractivity contribution in [2.45, 2.75) is 45.0 Å². The second-order valence-corrected chi connectivity index (χ2v) is 7.93. The van der Waals surface area contributed by atoms with Crippen molar-refractivity contribution in [1.82, 2.24) is 10.2 Å². The molecule has 1 fully saturated rings. The van der Waals surface area contributed by atoms with Gasteiger partial charge in [-0.15, -0.1) is 10.2 Å². The van der Waals surface area contributed by atoms with Crippen molar-refractivity contribution >= 4 is 15.2 Å². The Morgan fingerprint density at radius 1 is 1.19 bits per heavy atom. The standard InChI is InChI=1S/C17H20N2O6S/c1-9-5-6-10-13(14(9)26(22)23)15(17(4,21)16(2,3)25-10)24-12-8-7-11(20)18-19-12/h5-8,13,15,21H,1-4H3,(H,18,20). The molecule has 0 amide bonds. The average molecular weight is 380 g/mol. The van der Waals surface area contributed by atoms with E-state index in [1.54, 1.807) is 32.9 Å². The molecular formula is C17H20N2O6S. The van der Waals surface area contributed by atoms with Crippen molar-refractivity contribution in [2.75, 3.05) is 0 Å². The molecule has 0 aromatic carbocycles. The first kappa shape index (κ1) is 18.4. The first-order valence-corrected chi connectivity index (χ1v) is 9.08. The number of hydrogen-bond donors (Lipinski definition) is 2. The monoisotopic (exact) mass is 380 g/mol. The van der Waals surface area contributed by atoms with Gasteiger partial charge < -0.3 is 19.7 Å². The van der Waals surface area contributed by atoms with Crippen LogP contribution < -0.4 is 4.74 Å². The van der Waals surface area contributed by atoms with Gasteiger partial charge in [-0.1, -0.05) is 6.08 Å². The molecule has 0 bridgehead atoms. The number of aliphatic hydroxyl groups is 1. The summed E-state index contributed by atoms with van der Waals surface area (Å²) in [4.78, 5) is 0.0926. The van der Waals surface area contributed by atoms with Crippen LogP contribution >= 0.6 is 0 Å². The molecule has 0 radical (unpaired) electrons. The summed E-state index contributed by atoms with van der Waals surface area (Å²) < 4.78 is 35.6. The second-order valence-electron chi connectivity index (χ2n) is 7.02. The van der Waals surface area contributed by atoms with Crippen LogP contribution in [0.25, 0.3) is 0 Å². The van der Waals surface area contributed by atoms with Crippen molar-refractivity contribution < 1.29 is 28.1 Å². The van der Waals surface area contributed by atoms with E-state index in [0.717, 1.165) is 0 Å². The zero-order valence-corrected chi connectivity index (χ0v) is 15.6. The van der Waals surface area contributed by atoms with Gasteiger partial charge in [-0.2, -0.15) is 8.42 Å². The van der Waals surface area contributed by atoms with Crippen LogP contribution in [-0.4, -0.2) is 51.0 Å². The number of fused-ring (bicyclic) bond motifs is 1. The molecule has 26 heavy (non-hydrogen) atoms. The average Bonchev–Trinajstić information content (AvgIpc) is 2.54. The molecule has 2 aliphatic rings. The summed E-state index contributed by atoms with van der Waals surface area (Å²) in [5.41, 5.74) is -2.08. The van der Waals surface area contributed by atoms with Gasteiger partial charge in [-0.25, -0.2) is 0 Å². The number of allylic oxidation sites excluding steroid dienone is 3. The predicted octanol–water partition coefficient (Wildman–Crippen LogP) is 1.00. The Kier molecular flexibility index (Phi) is 4.32. The minimum absolute atomic E-state index is 0.0494. The van der Waals surface area contributed by atoms with Gasteiger partial charge in [0.05, 0.1) is 10.8 Å². The van der Waals surface area contributed by atoms with E-state index < -0.39 is 33.5 Å². The normalized spacial score (nSPS) is 29.8. The van der Waals surface area contributed by atoms with Gasteiger partial charge in [-0.3, -0.25) is 0 Å². The van der Waals surface area contributed by atoms with E-state index in [4.69, 9.17) is 9.47 Å². The molecule has 2 heterocycles. The summed E-state index contributed by atoms with van der Waals surface area (Å²) in [6.07, 6.45) is 2.34. The molecule has 1 aliphatic heterocycles. The smallest absolute Gasteiger partial charge is 0.234 e. The lowest BCUT2D eigenvalue weighted by Crippen LogP contribution is -2.67. The second kappa shape index (κ2) is 6.10. The molecular weight excluding hydrogens is 360 g/mol. The maximum Gasteiger partial charge on any atom is 0.234 e. The molecule has 1 aliphatic carbocycles. The number of ether oxygens (including phenoxy) is 2. The quantitative estimate of drug-likeness (QED) is 0.730. The predicted molar refractivity (Wildman–Crippen MR) is 93.2 cm³/mol. The number of nitrogens with zero attached hydrogens (tertiary/aromatic N) is 2. The van der Waals surface area contributed by atoms with Gasteiger partial charge in [0.1, 0.15) is 23.1 Å². The third-order valence-corrected chi connectivity index (χ3v) is 5.91. The molecule has 9 heteroatoms. The lowest BCUT2D eigenvalue weighted by Gasteiger charge is -2.52. The van der Waals surface area contributed by atoms with Crippen LogP contribution in [0.15, 0.2) is 35.6 Å². The van der Waals surface area contributed by atoms with Crippen molar-refractivity contribution in [3.05, 3.63) is 35.6 Å². The van der Waals surface area contributed by atoms with Crippen LogP contribution in [0.5, 0.6) is 11.8 Å².